The summed E-state index contributed by atoms with van der Waals surface area (Å²) in [4.78, 5) is 2.59. The molecule has 2 rings (SSSR count). The van der Waals surface area contributed by atoms with Crippen molar-refractivity contribution >= 4 is 0 Å². The molecule has 0 bridgehead atoms. The van der Waals surface area contributed by atoms with Crippen LogP contribution in [0.25, 0.3) is 0 Å². The molecule has 0 amide bonds. The maximum absolute atomic E-state index is 5.91. The van der Waals surface area contributed by atoms with E-state index in [-0.39, 0.29) is 0 Å². The highest BCUT2D eigenvalue weighted by Crippen LogP contribution is 2.53. The Labute approximate surface area is 75.1 Å². The second kappa shape index (κ2) is 2.46. The van der Waals surface area contributed by atoms with Crippen LogP contribution < -0.4 is 5.73 Å². The lowest BCUT2D eigenvalue weighted by Crippen LogP contribution is -2.71. The Morgan fingerprint density at radius 1 is 1.25 bits per heavy atom. The summed E-state index contributed by atoms with van der Waals surface area (Å²) in [6.07, 6.45) is 4.04. The molecule has 0 aromatic heterocycles. The van der Waals surface area contributed by atoms with Crippen LogP contribution >= 0.6 is 0 Å². The standard InChI is InChI=1S/C10H20N2/c1-9(2)4-5-10(9,8-11)12-6-3-7-12/h3-8,11H2,1-2H3. The van der Waals surface area contributed by atoms with Gasteiger partial charge in [-0.25, -0.2) is 0 Å². The molecule has 2 nitrogen and oxygen atoms in total. The number of nitrogens with zero attached hydrogens (tertiary/aromatic N) is 1. The fourth-order valence-electron chi connectivity index (χ4n) is 2.75. The maximum atomic E-state index is 5.91. The van der Waals surface area contributed by atoms with E-state index in [1.54, 1.807) is 0 Å². The fraction of sp³-hybridized carbons (Fsp3) is 1.00. The molecule has 0 radical (unpaired) electrons. The Hall–Kier alpha value is -0.0800. The van der Waals surface area contributed by atoms with Crippen LogP contribution in [-0.4, -0.2) is 30.1 Å². The quantitative estimate of drug-likeness (QED) is 0.671. The van der Waals surface area contributed by atoms with Gasteiger partial charge >= 0.3 is 0 Å². The smallest absolute Gasteiger partial charge is 0.0382 e. The summed E-state index contributed by atoms with van der Waals surface area (Å²) < 4.78 is 0. The van der Waals surface area contributed by atoms with Gasteiger partial charge in [-0.05, 0) is 37.8 Å². The second-order valence-corrected chi connectivity index (χ2v) is 4.96. The molecule has 12 heavy (non-hydrogen) atoms. The van der Waals surface area contributed by atoms with Gasteiger partial charge in [0.05, 0.1) is 0 Å². The zero-order chi connectivity index (χ0) is 8.82. The number of rotatable bonds is 2. The molecule has 2 aliphatic rings. The number of hydrogen-bond acceptors (Lipinski definition) is 2. The molecule has 70 valence electrons. The SMILES string of the molecule is CC1(C)CCC1(CN)N1CCC1. The Morgan fingerprint density at radius 2 is 1.92 bits per heavy atom. The minimum absolute atomic E-state index is 0.366. The zero-order valence-corrected chi connectivity index (χ0v) is 8.27. The van der Waals surface area contributed by atoms with E-state index in [9.17, 15) is 0 Å². The van der Waals surface area contributed by atoms with Gasteiger partial charge in [0, 0.05) is 12.1 Å². The van der Waals surface area contributed by atoms with Gasteiger partial charge < -0.3 is 5.73 Å². The Balaban J connectivity index is 2.13. The topological polar surface area (TPSA) is 29.3 Å². The van der Waals surface area contributed by atoms with Crippen molar-refractivity contribution < 1.29 is 0 Å². The molecule has 1 aliphatic carbocycles. The molecular weight excluding hydrogens is 148 g/mol. The molecule has 0 spiro atoms. The first kappa shape index (κ1) is 8.52. The molecule has 2 heteroatoms. The summed E-state index contributed by atoms with van der Waals surface area (Å²) in [6, 6.07) is 0. The third kappa shape index (κ3) is 0.826. The summed E-state index contributed by atoms with van der Waals surface area (Å²) in [5.74, 6) is 0. The molecule has 0 aromatic rings. The van der Waals surface area contributed by atoms with E-state index >= 15 is 0 Å². The monoisotopic (exact) mass is 168 g/mol. The van der Waals surface area contributed by atoms with Crippen LogP contribution in [0.3, 0.4) is 0 Å². The largest absolute Gasteiger partial charge is 0.329 e. The van der Waals surface area contributed by atoms with Crippen molar-refractivity contribution in [2.24, 2.45) is 11.1 Å². The predicted octanol–water partition coefficient (Wildman–Crippen LogP) is 1.21. The molecule has 2 fully saturated rings. The Morgan fingerprint density at radius 3 is 2.00 bits per heavy atom. The van der Waals surface area contributed by atoms with Crippen LogP contribution in [0, 0.1) is 5.41 Å². The van der Waals surface area contributed by atoms with Crippen LogP contribution in [-0.2, 0) is 0 Å². The highest BCUT2D eigenvalue weighted by Gasteiger charge is 2.56. The van der Waals surface area contributed by atoms with Gasteiger partial charge in [0.15, 0.2) is 0 Å². The van der Waals surface area contributed by atoms with Crippen molar-refractivity contribution in [2.75, 3.05) is 19.6 Å². The molecule has 2 N–H and O–H groups in total. The number of likely N-dealkylation sites (tertiary alicyclic amines) is 1. The van der Waals surface area contributed by atoms with Crippen LogP contribution in [0.2, 0.25) is 0 Å². The van der Waals surface area contributed by atoms with E-state index in [0.29, 0.717) is 11.0 Å². The van der Waals surface area contributed by atoms with Crippen molar-refractivity contribution in [3.05, 3.63) is 0 Å². The first-order valence-electron chi connectivity index (χ1n) is 5.07. The minimum atomic E-state index is 0.366. The van der Waals surface area contributed by atoms with Gasteiger partial charge in [-0.3, -0.25) is 4.90 Å². The van der Waals surface area contributed by atoms with Crippen molar-refractivity contribution in [1.82, 2.24) is 4.90 Å². The summed E-state index contributed by atoms with van der Waals surface area (Å²) >= 11 is 0. The molecule has 1 saturated carbocycles. The Kier molecular flexibility index (Phi) is 1.74. The first-order chi connectivity index (χ1) is 5.62. The summed E-state index contributed by atoms with van der Waals surface area (Å²) in [6.45, 7) is 8.13. The summed E-state index contributed by atoms with van der Waals surface area (Å²) in [7, 11) is 0. The number of hydrogen-bond donors (Lipinski definition) is 1. The maximum Gasteiger partial charge on any atom is 0.0382 e. The van der Waals surface area contributed by atoms with Gasteiger partial charge in [-0.1, -0.05) is 13.8 Å². The average molecular weight is 168 g/mol. The average Bonchev–Trinajstić information content (AvgIpc) is 1.94. The van der Waals surface area contributed by atoms with E-state index < -0.39 is 0 Å². The van der Waals surface area contributed by atoms with E-state index in [1.165, 1.54) is 32.4 Å². The third-order valence-corrected chi connectivity index (χ3v) is 4.22. The van der Waals surface area contributed by atoms with Crippen LogP contribution in [0.1, 0.15) is 33.1 Å². The fourth-order valence-corrected chi connectivity index (χ4v) is 2.75. The van der Waals surface area contributed by atoms with E-state index in [2.05, 4.69) is 18.7 Å². The van der Waals surface area contributed by atoms with Gasteiger partial charge in [-0.2, -0.15) is 0 Å². The third-order valence-electron chi connectivity index (χ3n) is 4.22. The minimum Gasteiger partial charge on any atom is -0.329 e. The number of nitrogens with two attached hydrogens (primary N) is 1. The van der Waals surface area contributed by atoms with Crippen LogP contribution in [0.4, 0.5) is 0 Å². The Bertz CT molecular complexity index is 180. The first-order valence-corrected chi connectivity index (χ1v) is 5.07. The van der Waals surface area contributed by atoms with Crippen molar-refractivity contribution in [3.63, 3.8) is 0 Å². The summed E-state index contributed by atoms with van der Waals surface area (Å²) in [5.41, 5.74) is 6.74. The van der Waals surface area contributed by atoms with Crippen LogP contribution in [0.5, 0.6) is 0 Å². The lowest BCUT2D eigenvalue weighted by atomic mass is 9.55. The lowest BCUT2D eigenvalue weighted by molar-refractivity contribution is -0.121. The van der Waals surface area contributed by atoms with Crippen molar-refractivity contribution in [2.45, 2.75) is 38.6 Å². The summed E-state index contributed by atoms with van der Waals surface area (Å²) in [5, 5.41) is 0. The van der Waals surface area contributed by atoms with Crippen molar-refractivity contribution in [3.8, 4) is 0 Å². The van der Waals surface area contributed by atoms with Crippen molar-refractivity contribution in [1.29, 1.82) is 0 Å². The van der Waals surface area contributed by atoms with Gasteiger partial charge in [-0.15, -0.1) is 0 Å². The van der Waals surface area contributed by atoms with Gasteiger partial charge in [0.25, 0.3) is 0 Å². The van der Waals surface area contributed by atoms with E-state index in [1.807, 2.05) is 0 Å². The normalized spacial score (nSPS) is 40.2. The van der Waals surface area contributed by atoms with Gasteiger partial charge in [0.1, 0.15) is 0 Å². The highest BCUT2D eigenvalue weighted by atomic mass is 15.3. The molecule has 1 unspecified atom stereocenters. The molecular formula is C10H20N2. The molecule has 1 aliphatic heterocycles. The van der Waals surface area contributed by atoms with Gasteiger partial charge in [0.2, 0.25) is 0 Å². The highest BCUT2D eigenvalue weighted by molar-refractivity contribution is 5.12. The predicted molar refractivity (Wildman–Crippen MR) is 51.0 cm³/mol. The van der Waals surface area contributed by atoms with E-state index in [0.717, 1.165) is 6.54 Å². The molecule has 1 heterocycles. The molecule has 1 saturated heterocycles. The van der Waals surface area contributed by atoms with E-state index in [4.69, 9.17) is 5.73 Å². The lowest BCUT2D eigenvalue weighted by Gasteiger charge is -2.64. The zero-order valence-electron chi connectivity index (χ0n) is 8.27. The molecule has 1 atom stereocenters. The van der Waals surface area contributed by atoms with Crippen LogP contribution in [0.15, 0.2) is 0 Å². The second-order valence-electron chi connectivity index (χ2n) is 4.96. The molecule has 0 aromatic carbocycles.